The van der Waals surface area contributed by atoms with Gasteiger partial charge in [0.25, 0.3) is 5.56 Å². The highest BCUT2D eigenvalue weighted by Gasteiger charge is 2.05. The Morgan fingerprint density at radius 2 is 1.84 bits per heavy atom. The minimum atomic E-state index is -0.0387. The molecule has 0 spiro atoms. The van der Waals surface area contributed by atoms with E-state index in [1.54, 1.807) is 35.3 Å². The molecule has 128 valence electrons. The molecule has 3 aromatic rings. The van der Waals surface area contributed by atoms with Crippen LogP contribution in [0.25, 0.3) is 10.9 Å². The van der Waals surface area contributed by atoms with Crippen LogP contribution in [0.15, 0.2) is 59.8 Å². The van der Waals surface area contributed by atoms with Crippen molar-refractivity contribution in [3.63, 3.8) is 0 Å². The third-order valence-electron chi connectivity index (χ3n) is 3.97. The van der Waals surface area contributed by atoms with Crippen molar-refractivity contribution in [1.82, 2.24) is 14.5 Å². The van der Waals surface area contributed by atoms with Crippen LogP contribution < -0.4 is 10.9 Å². The van der Waals surface area contributed by atoms with E-state index in [1.807, 2.05) is 24.3 Å². The first-order valence-electron chi connectivity index (χ1n) is 8.39. The average Bonchev–Trinajstić information content (AvgIpc) is 2.64. The van der Waals surface area contributed by atoms with E-state index in [0.717, 1.165) is 24.8 Å². The summed E-state index contributed by atoms with van der Waals surface area (Å²) in [6.07, 6.45) is 6.16. The maximum Gasteiger partial charge on any atom is 0.261 e. The fourth-order valence-electron chi connectivity index (χ4n) is 2.65. The molecule has 0 bridgehead atoms. The summed E-state index contributed by atoms with van der Waals surface area (Å²) < 4.78 is 1.64. The fraction of sp³-hybridized carbons (Fsp3) is 0.263. The van der Waals surface area contributed by atoms with Gasteiger partial charge in [-0.3, -0.25) is 14.2 Å². The molecule has 0 fully saturated rings. The number of fused-ring (bicyclic) bond motifs is 1. The molecule has 25 heavy (non-hydrogen) atoms. The molecule has 0 atom stereocenters. The number of nitrogens with zero attached hydrogens (tertiary/aromatic N) is 3. The summed E-state index contributed by atoms with van der Waals surface area (Å²) in [6, 6.07) is 12.7. The van der Waals surface area contributed by atoms with Crippen LogP contribution in [0.5, 0.6) is 0 Å². The number of carbonyl (C=O) groups excluding carboxylic acids is 1. The molecule has 3 rings (SSSR count). The SMILES string of the molecule is O=C(CCCCCn1cnc2ccccc2c1=O)Nc1ccccn1. The zero-order valence-electron chi connectivity index (χ0n) is 13.9. The highest BCUT2D eigenvalue weighted by Crippen LogP contribution is 2.07. The quantitative estimate of drug-likeness (QED) is 0.673. The van der Waals surface area contributed by atoms with Gasteiger partial charge in [-0.25, -0.2) is 9.97 Å². The van der Waals surface area contributed by atoms with Gasteiger partial charge in [0.15, 0.2) is 0 Å². The lowest BCUT2D eigenvalue weighted by Gasteiger charge is -2.07. The van der Waals surface area contributed by atoms with E-state index in [4.69, 9.17) is 0 Å². The lowest BCUT2D eigenvalue weighted by molar-refractivity contribution is -0.116. The Morgan fingerprint density at radius 3 is 2.68 bits per heavy atom. The smallest absolute Gasteiger partial charge is 0.261 e. The lowest BCUT2D eigenvalue weighted by Crippen LogP contribution is -2.20. The Morgan fingerprint density at radius 1 is 1.00 bits per heavy atom. The van der Waals surface area contributed by atoms with Crippen LogP contribution >= 0.6 is 0 Å². The van der Waals surface area contributed by atoms with Crippen molar-refractivity contribution >= 4 is 22.6 Å². The first-order valence-corrected chi connectivity index (χ1v) is 8.39. The summed E-state index contributed by atoms with van der Waals surface area (Å²) in [4.78, 5) is 32.6. The first kappa shape index (κ1) is 16.8. The van der Waals surface area contributed by atoms with Gasteiger partial charge in [-0.15, -0.1) is 0 Å². The Hall–Kier alpha value is -3.02. The molecule has 0 radical (unpaired) electrons. The predicted molar refractivity (Wildman–Crippen MR) is 97.3 cm³/mol. The third-order valence-corrected chi connectivity index (χ3v) is 3.97. The number of nitrogens with one attached hydrogen (secondary N) is 1. The number of rotatable bonds is 7. The second-order valence-corrected chi connectivity index (χ2v) is 5.83. The molecule has 0 aliphatic rings. The van der Waals surface area contributed by atoms with Crippen LogP contribution in [0.2, 0.25) is 0 Å². The molecule has 0 unspecified atom stereocenters. The number of anilines is 1. The van der Waals surface area contributed by atoms with Crippen molar-refractivity contribution in [2.24, 2.45) is 0 Å². The van der Waals surface area contributed by atoms with Crippen molar-refractivity contribution in [2.75, 3.05) is 5.32 Å². The summed E-state index contributed by atoms with van der Waals surface area (Å²) in [5, 5.41) is 3.40. The van der Waals surface area contributed by atoms with Crippen molar-refractivity contribution in [2.45, 2.75) is 32.2 Å². The number of hydrogen-bond acceptors (Lipinski definition) is 4. The first-order chi connectivity index (χ1) is 12.2. The van der Waals surface area contributed by atoms with Crippen molar-refractivity contribution in [3.8, 4) is 0 Å². The largest absolute Gasteiger partial charge is 0.311 e. The molecule has 6 heteroatoms. The van der Waals surface area contributed by atoms with Gasteiger partial charge < -0.3 is 5.32 Å². The molecular formula is C19H20N4O2. The number of aromatic nitrogens is 3. The third kappa shape index (κ3) is 4.50. The second kappa shape index (κ2) is 8.19. The van der Waals surface area contributed by atoms with Gasteiger partial charge >= 0.3 is 0 Å². The van der Waals surface area contributed by atoms with Gasteiger partial charge in [0.05, 0.1) is 17.2 Å². The Bertz CT molecular complexity index is 906. The summed E-state index contributed by atoms with van der Waals surface area (Å²) in [5.74, 6) is 0.532. The number of hydrogen-bond donors (Lipinski definition) is 1. The summed E-state index contributed by atoms with van der Waals surface area (Å²) in [6.45, 7) is 0.610. The minimum absolute atomic E-state index is 0.0153. The Balaban J connectivity index is 1.44. The number of para-hydroxylation sites is 1. The molecule has 2 aromatic heterocycles. The lowest BCUT2D eigenvalue weighted by atomic mass is 10.2. The predicted octanol–water partition coefficient (Wildman–Crippen LogP) is 2.99. The van der Waals surface area contributed by atoms with E-state index in [2.05, 4.69) is 15.3 Å². The van der Waals surface area contributed by atoms with Crippen molar-refractivity contribution in [1.29, 1.82) is 0 Å². The molecular weight excluding hydrogens is 316 g/mol. The molecule has 0 aliphatic heterocycles. The van der Waals surface area contributed by atoms with E-state index in [0.29, 0.717) is 24.2 Å². The van der Waals surface area contributed by atoms with Crippen LogP contribution in [0.4, 0.5) is 5.82 Å². The second-order valence-electron chi connectivity index (χ2n) is 5.83. The summed E-state index contributed by atoms with van der Waals surface area (Å²) in [5.41, 5.74) is 0.702. The average molecular weight is 336 g/mol. The van der Waals surface area contributed by atoms with Crippen molar-refractivity contribution < 1.29 is 4.79 Å². The van der Waals surface area contributed by atoms with E-state index < -0.39 is 0 Å². The molecule has 0 aliphatic carbocycles. The number of carbonyl (C=O) groups is 1. The van der Waals surface area contributed by atoms with Crippen LogP contribution in [0.1, 0.15) is 25.7 Å². The summed E-state index contributed by atoms with van der Waals surface area (Å²) >= 11 is 0. The van der Waals surface area contributed by atoms with Crippen LogP contribution in [0.3, 0.4) is 0 Å². The van der Waals surface area contributed by atoms with Gasteiger partial charge in [-0.1, -0.05) is 24.6 Å². The monoisotopic (exact) mass is 336 g/mol. The topological polar surface area (TPSA) is 76.9 Å². The fourth-order valence-corrected chi connectivity index (χ4v) is 2.65. The molecule has 6 nitrogen and oxygen atoms in total. The van der Waals surface area contributed by atoms with Gasteiger partial charge in [0, 0.05) is 19.2 Å². The van der Waals surface area contributed by atoms with E-state index in [9.17, 15) is 9.59 Å². The zero-order chi connectivity index (χ0) is 17.5. The van der Waals surface area contributed by atoms with Crippen LogP contribution in [-0.2, 0) is 11.3 Å². The number of pyridine rings is 1. The van der Waals surface area contributed by atoms with Crippen LogP contribution in [-0.4, -0.2) is 20.4 Å². The van der Waals surface area contributed by atoms with Crippen molar-refractivity contribution in [3.05, 3.63) is 65.3 Å². The number of amides is 1. The minimum Gasteiger partial charge on any atom is -0.311 e. The molecule has 1 amide bonds. The molecule has 1 aromatic carbocycles. The molecule has 1 N–H and O–H groups in total. The van der Waals surface area contributed by atoms with Crippen LogP contribution in [0, 0.1) is 0 Å². The highest BCUT2D eigenvalue weighted by atomic mass is 16.1. The standard InChI is InChI=1S/C19H20N4O2/c24-18(22-17-10-5-6-12-20-17)11-2-1-7-13-23-14-21-16-9-4-3-8-15(16)19(23)25/h3-6,8-10,12,14H,1-2,7,11,13H2,(H,20,22,24). The summed E-state index contributed by atoms with van der Waals surface area (Å²) in [7, 11) is 0. The number of unbranched alkanes of at least 4 members (excludes halogenated alkanes) is 2. The maximum absolute atomic E-state index is 12.4. The Kier molecular flexibility index (Phi) is 5.51. The van der Waals surface area contributed by atoms with Gasteiger partial charge in [-0.2, -0.15) is 0 Å². The Labute approximate surface area is 145 Å². The van der Waals surface area contributed by atoms with E-state index >= 15 is 0 Å². The zero-order valence-corrected chi connectivity index (χ0v) is 13.9. The van der Waals surface area contributed by atoms with E-state index in [1.165, 1.54) is 0 Å². The number of benzene rings is 1. The normalized spacial score (nSPS) is 10.7. The van der Waals surface area contributed by atoms with Gasteiger partial charge in [0.1, 0.15) is 5.82 Å². The maximum atomic E-state index is 12.4. The number of aryl methyl sites for hydroxylation is 1. The molecule has 2 heterocycles. The van der Waals surface area contributed by atoms with Gasteiger partial charge in [-0.05, 0) is 37.1 Å². The van der Waals surface area contributed by atoms with Gasteiger partial charge in [0.2, 0.25) is 5.91 Å². The molecule has 0 saturated heterocycles. The highest BCUT2D eigenvalue weighted by molar-refractivity contribution is 5.89. The van der Waals surface area contributed by atoms with E-state index in [-0.39, 0.29) is 11.5 Å². The molecule has 0 saturated carbocycles.